The number of anilines is 1. The van der Waals surface area contributed by atoms with E-state index in [0.717, 1.165) is 22.4 Å². The van der Waals surface area contributed by atoms with Crippen molar-refractivity contribution in [1.29, 1.82) is 0 Å². The van der Waals surface area contributed by atoms with Crippen LogP contribution in [0.15, 0.2) is 60.2 Å². The lowest BCUT2D eigenvalue weighted by Gasteiger charge is -2.24. The summed E-state index contributed by atoms with van der Waals surface area (Å²) in [4.78, 5) is 33.7. The molecule has 3 heterocycles. The summed E-state index contributed by atoms with van der Waals surface area (Å²) in [5.74, 6) is 0.647. The molecule has 44 heavy (non-hydrogen) atoms. The third-order valence-electron chi connectivity index (χ3n) is 7.52. The van der Waals surface area contributed by atoms with Crippen LogP contribution >= 0.6 is 11.3 Å². The van der Waals surface area contributed by atoms with Crippen molar-refractivity contribution in [3.63, 3.8) is 0 Å². The summed E-state index contributed by atoms with van der Waals surface area (Å²) < 4.78 is 24.1. The van der Waals surface area contributed by atoms with Gasteiger partial charge in [-0.2, -0.15) is 0 Å². The smallest absolute Gasteiger partial charge is 0.301 e. The number of Topliss-reactive ketones (excluding diaryl/α,β-unsaturated/α-hetero) is 1. The second-order valence-corrected chi connectivity index (χ2v) is 11.7. The average Bonchev–Trinajstić information content (AvgIpc) is 3.68. The zero-order valence-corrected chi connectivity index (χ0v) is 25.9. The summed E-state index contributed by atoms with van der Waals surface area (Å²) in [6.07, 6.45) is 1.52. The van der Waals surface area contributed by atoms with Crippen LogP contribution in [-0.4, -0.2) is 47.7 Å². The minimum atomic E-state index is -0.968. The Hall–Kier alpha value is -4.57. The standard InChI is InChI=1S/C34H34N2O7S/c1-5-14-42-26-13-8-20(17-27(26)41-7-3)30-29(31(37)21-9-12-25-22(16-21)15-19(4)43-25)32(38)33(39)36(30)34-35-24-11-10-23(40-6-2)18-28(24)44-34/h8-13,16-19,30,37H,5-7,14-15H2,1-4H3/b31-29+/t19-,30-/m1/s1. The number of aromatic nitrogens is 1. The Balaban J connectivity index is 1.52. The van der Waals surface area contributed by atoms with Crippen LogP contribution in [0.5, 0.6) is 23.0 Å². The molecule has 1 aromatic heterocycles. The summed E-state index contributed by atoms with van der Waals surface area (Å²) in [6, 6.07) is 15.2. The lowest BCUT2D eigenvalue weighted by molar-refractivity contribution is -0.132. The number of carbonyl (C=O) groups excluding carboxylic acids is 2. The van der Waals surface area contributed by atoms with Crippen molar-refractivity contribution in [3.8, 4) is 23.0 Å². The van der Waals surface area contributed by atoms with Crippen LogP contribution in [0.4, 0.5) is 5.13 Å². The van der Waals surface area contributed by atoms with E-state index < -0.39 is 17.7 Å². The largest absolute Gasteiger partial charge is 0.507 e. The molecule has 1 saturated heterocycles. The van der Waals surface area contributed by atoms with Gasteiger partial charge in [0, 0.05) is 12.0 Å². The fraction of sp³-hybridized carbons (Fsp3) is 0.324. The van der Waals surface area contributed by atoms with E-state index in [9.17, 15) is 14.7 Å². The maximum atomic E-state index is 13.8. The average molecular weight is 615 g/mol. The summed E-state index contributed by atoms with van der Waals surface area (Å²) in [6.45, 7) is 9.19. The van der Waals surface area contributed by atoms with E-state index in [1.165, 1.54) is 16.2 Å². The van der Waals surface area contributed by atoms with E-state index in [1.807, 2.05) is 52.0 Å². The Labute approximate surface area is 259 Å². The van der Waals surface area contributed by atoms with Crippen molar-refractivity contribution < 1.29 is 33.6 Å². The number of amides is 1. The van der Waals surface area contributed by atoms with E-state index in [-0.39, 0.29) is 17.4 Å². The number of aliphatic hydroxyl groups is 1. The van der Waals surface area contributed by atoms with E-state index in [4.69, 9.17) is 23.9 Å². The molecule has 3 aromatic carbocycles. The quantitative estimate of drug-likeness (QED) is 0.118. The highest BCUT2D eigenvalue weighted by Crippen LogP contribution is 2.46. The predicted octanol–water partition coefficient (Wildman–Crippen LogP) is 6.83. The van der Waals surface area contributed by atoms with E-state index in [1.54, 1.807) is 30.3 Å². The van der Waals surface area contributed by atoms with Crippen molar-refractivity contribution >= 4 is 44.1 Å². The van der Waals surface area contributed by atoms with Gasteiger partial charge in [-0.05, 0) is 86.8 Å². The Morgan fingerprint density at radius 3 is 2.59 bits per heavy atom. The van der Waals surface area contributed by atoms with Gasteiger partial charge in [-0.15, -0.1) is 0 Å². The fourth-order valence-electron chi connectivity index (χ4n) is 5.62. The van der Waals surface area contributed by atoms with Gasteiger partial charge in [-0.3, -0.25) is 14.5 Å². The number of ketones is 1. The number of fused-ring (bicyclic) bond motifs is 2. The monoisotopic (exact) mass is 614 g/mol. The summed E-state index contributed by atoms with van der Waals surface area (Å²) in [5.41, 5.74) is 2.58. The van der Waals surface area contributed by atoms with Gasteiger partial charge in [0.2, 0.25) is 0 Å². The molecule has 2 aliphatic rings. The van der Waals surface area contributed by atoms with Crippen LogP contribution in [0.25, 0.3) is 16.0 Å². The highest BCUT2D eigenvalue weighted by molar-refractivity contribution is 7.22. The lowest BCUT2D eigenvalue weighted by Crippen LogP contribution is -2.29. The Morgan fingerprint density at radius 1 is 1.00 bits per heavy atom. The number of ether oxygens (including phenoxy) is 4. The molecule has 4 aromatic rings. The minimum absolute atomic E-state index is 0.0145. The van der Waals surface area contributed by atoms with E-state index in [2.05, 4.69) is 0 Å². The fourth-order valence-corrected chi connectivity index (χ4v) is 6.64. The predicted molar refractivity (Wildman–Crippen MR) is 169 cm³/mol. The van der Waals surface area contributed by atoms with Crippen LogP contribution in [0, 0.1) is 0 Å². The van der Waals surface area contributed by atoms with Gasteiger partial charge in [0.1, 0.15) is 23.4 Å². The first-order valence-electron chi connectivity index (χ1n) is 14.9. The van der Waals surface area contributed by atoms with Gasteiger partial charge in [0.05, 0.1) is 41.7 Å². The molecule has 0 unspecified atom stereocenters. The Bertz CT molecular complexity index is 1780. The molecule has 0 bridgehead atoms. The number of carbonyl (C=O) groups is 2. The molecule has 10 heteroatoms. The molecular weight excluding hydrogens is 580 g/mol. The van der Waals surface area contributed by atoms with Crippen molar-refractivity contribution in [2.45, 2.75) is 52.7 Å². The summed E-state index contributed by atoms with van der Waals surface area (Å²) in [5, 5.41) is 12.1. The van der Waals surface area contributed by atoms with Gasteiger partial charge < -0.3 is 24.1 Å². The zero-order chi connectivity index (χ0) is 31.0. The van der Waals surface area contributed by atoms with Crippen molar-refractivity contribution in [3.05, 3.63) is 76.9 Å². The molecule has 1 N–H and O–H groups in total. The maximum Gasteiger partial charge on any atom is 0.301 e. The first-order chi connectivity index (χ1) is 21.3. The summed E-state index contributed by atoms with van der Waals surface area (Å²) >= 11 is 1.28. The first kappa shape index (κ1) is 29.5. The second-order valence-electron chi connectivity index (χ2n) is 10.7. The van der Waals surface area contributed by atoms with Crippen molar-refractivity contribution in [2.24, 2.45) is 0 Å². The van der Waals surface area contributed by atoms with Crippen molar-refractivity contribution in [2.75, 3.05) is 24.7 Å². The molecule has 0 radical (unpaired) electrons. The number of thiazole rings is 1. The highest BCUT2D eigenvalue weighted by atomic mass is 32.1. The van der Waals surface area contributed by atoms with Crippen LogP contribution in [0.1, 0.15) is 56.8 Å². The van der Waals surface area contributed by atoms with Gasteiger partial charge in [-0.1, -0.05) is 24.3 Å². The third-order valence-corrected chi connectivity index (χ3v) is 8.54. The Morgan fingerprint density at radius 2 is 1.82 bits per heavy atom. The first-order valence-corrected chi connectivity index (χ1v) is 15.7. The zero-order valence-electron chi connectivity index (χ0n) is 25.1. The molecular formula is C34H34N2O7S. The number of hydrogen-bond donors (Lipinski definition) is 1. The highest BCUT2D eigenvalue weighted by Gasteiger charge is 2.48. The second kappa shape index (κ2) is 12.2. The van der Waals surface area contributed by atoms with E-state index >= 15 is 0 Å². The lowest BCUT2D eigenvalue weighted by atomic mass is 9.94. The molecule has 1 fully saturated rings. The normalized spacial score (nSPS) is 18.9. The van der Waals surface area contributed by atoms with Gasteiger partial charge >= 0.3 is 5.91 Å². The van der Waals surface area contributed by atoms with Crippen molar-refractivity contribution in [1.82, 2.24) is 4.98 Å². The molecule has 0 aliphatic carbocycles. The van der Waals surface area contributed by atoms with Gasteiger partial charge in [0.25, 0.3) is 5.78 Å². The third kappa shape index (κ3) is 5.34. The SMILES string of the molecule is CCCOc1ccc([C@@H]2/C(=C(\O)c3ccc4c(c3)C[C@@H](C)O4)C(=O)C(=O)N2c2nc3ccc(OCC)cc3s2)cc1OCC. The number of aliphatic hydroxyl groups excluding tert-OH is 1. The van der Waals surface area contributed by atoms with Crippen LogP contribution in [0.2, 0.25) is 0 Å². The van der Waals surface area contributed by atoms with Crippen LogP contribution < -0.4 is 23.8 Å². The molecule has 1 amide bonds. The van der Waals surface area contributed by atoms with Crippen LogP contribution in [0.3, 0.4) is 0 Å². The number of benzene rings is 3. The minimum Gasteiger partial charge on any atom is -0.507 e. The van der Waals surface area contributed by atoms with E-state index in [0.29, 0.717) is 65.3 Å². The van der Waals surface area contributed by atoms with Gasteiger partial charge in [0.15, 0.2) is 16.6 Å². The molecule has 6 rings (SSSR count). The molecule has 2 atom stereocenters. The molecule has 228 valence electrons. The van der Waals surface area contributed by atoms with Crippen LogP contribution in [-0.2, 0) is 16.0 Å². The Kier molecular flexibility index (Phi) is 8.18. The molecule has 0 saturated carbocycles. The summed E-state index contributed by atoms with van der Waals surface area (Å²) in [7, 11) is 0. The molecule has 9 nitrogen and oxygen atoms in total. The topological polar surface area (TPSA) is 107 Å². The number of rotatable bonds is 10. The molecule has 2 aliphatic heterocycles. The van der Waals surface area contributed by atoms with Gasteiger partial charge in [-0.25, -0.2) is 4.98 Å². The number of nitrogens with zero attached hydrogens (tertiary/aromatic N) is 2. The molecule has 0 spiro atoms. The maximum absolute atomic E-state index is 13.8. The number of hydrogen-bond acceptors (Lipinski definition) is 9.